The van der Waals surface area contributed by atoms with Crippen LogP contribution in [0.4, 0.5) is 0 Å². The van der Waals surface area contributed by atoms with Gasteiger partial charge in [-0.2, -0.15) is 0 Å². The fraction of sp³-hybridized carbons (Fsp3) is 0.857. The smallest absolute Gasteiger partial charge is 0.222 e. The number of rotatable bonds is 6. The number of carbonyl (C=O) groups is 1. The quantitative estimate of drug-likeness (QED) is 0.727. The van der Waals surface area contributed by atoms with Crippen LogP contribution < -0.4 is 11.1 Å². The first-order valence-corrected chi connectivity index (χ1v) is 7.51. The highest BCUT2D eigenvalue weighted by atomic mass is 32.1. The molecule has 1 fully saturated rings. The van der Waals surface area contributed by atoms with E-state index < -0.39 is 0 Å². The Morgan fingerprint density at radius 1 is 1.42 bits per heavy atom. The maximum atomic E-state index is 11.5. The standard InChI is InChI=1S/C14H27N3OS/c1-14(2,13(15)19)7-4-8-17-9-5-11(6-10-17)12(18)16-3/h11H,4-10H2,1-3H3,(H2,15,19)(H,16,18). The molecule has 1 aliphatic heterocycles. The predicted octanol–water partition coefficient (Wildman–Crippen LogP) is 1.54. The molecule has 19 heavy (non-hydrogen) atoms. The zero-order valence-electron chi connectivity index (χ0n) is 12.4. The number of piperidine rings is 1. The molecule has 1 aliphatic rings. The molecule has 0 bridgehead atoms. The van der Waals surface area contributed by atoms with Crippen molar-refractivity contribution < 1.29 is 4.79 Å². The summed E-state index contributed by atoms with van der Waals surface area (Å²) in [6, 6.07) is 0. The van der Waals surface area contributed by atoms with Gasteiger partial charge in [-0.3, -0.25) is 4.79 Å². The Hall–Kier alpha value is -0.680. The summed E-state index contributed by atoms with van der Waals surface area (Å²) in [6.45, 7) is 7.32. The number of thiocarbonyl (C=S) groups is 1. The first-order valence-electron chi connectivity index (χ1n) is 7.10. The minimum absolute atomic E-state index is 0.0459. The third kappa shape index (κ3) is 5.07. The second kappa shape index (κ2) is 7.20. The second-order valence-electron chi connectivity index (χ2n) is 6.08. The van der Waals surface area contributed by atoms with Gasteiger partial charge in [0.15, 0.2) is 0 Å². The Labute approximate surface area is 122 Å². The normalized spacial score (nSPS) is 18.3. The molecule has 0 saturated carbocycles. The van der Waals surface area contributed by atoms with Gasteiger partial charge in [-0.15, -0.1) is 0 Å². The summed E-state index contributed by atoms with van der Waals surface area (Å²) in [6.07, 6.45) is 4.07. The number of nitrogens with two attached hydrogens (primary N) is 1. The SMILES string of the molecule is CNC(=O)C1CCN(CCCC(C)(C)C(N)=S)CC1. The van der Waals surface area contributed by atoms with Crippen molar-refractivity contribution in [2.24, 2.45) is 17.1 Å². The van der Waals surface area contributed by atoms with E-state index >= 15 is 0 Å². The average molecular weight is 285 g/mol. The van der Waals surface area contributed by atoms with Crippen LogP contribution >= 0.6 is 12.2 Å². The van der Waals surface area contributed by atoms with Gasteiger partial charge in [0.25, 0.3) is 0 Å². The van der Waals surface area contributed by atoms with Gasteiger partial charge >= 0.3 is 0 Å². The molecule has 5 heteroatoms. The number of nitrogens with one attached hydrogen (secondary N) is 1. The van der Waals surface area contributed by atoms with E-state index in [1.165, 1.54) is 0 Å². The number of likely N-dealkylation sites (tertiary alicyclic amines) is 1. The first-order chi connectivity index (χ1) is 8.86. The molecule has 1 rings (SSSR count). The molecule has 1 amide bonds. The molecule has 0 aliphatic carbocycles. The van der Waals surface area contributed by atoms with Gasteiger partial charge in [0.1, 0.15) is 0 Å². The summed E-state index contributed by atoms with van der Waals surface area (Å²) in [5.74, 6) is 0.392. The minimum Gasteiger partial charge on any atom is -0.393 e. The molecule has 0 aromatic carbocycles. The van der Waals surface area contributed by atoms with Crippen LogP contribution in [0, 0.1) is 11.3 Å². The van der Waals surface area contributed by atoms with Gasteiger partial charge in [0.05, 0.1) is 4.99 Å². The van der Waals surface area contributed by atoms with Gasteiger partial charge in [0.2, 0.25) is 5.91 Å². The Balaban J connectivity index is 2.23. The van der Waals surface area contributed by atoms with E-state index in [0.29, 0.717) is 4.99 Å². The van der Waals surface area contributed by atoms with Crippen LogP contribution in [0.1, 0.15) is 39.5 Å². The monoisotopic (exact) mass is 285 g/mol. The van der Waals surface area contributed by atoms with Crippen molar-refractivity contribution in [1.29, 1.82) is 0 Å². The van der Waals surface area contributed by atoms with Crippen LogP contribution in [0.15, 0.2) is 0 Å². The number of nitrogens with zero attached hydrogens (tertiary/aromatic N) is 1. The first kappa shape index (κ1) is 16.4. The zero-order chi connectivity index (χ0) is 14.5. The van der Waals surface area contributed by atoms with Crippen molar-refractivity contribution >= 4 is 23.1 Å². The summed E-state index contributed by atoms with van der Waals surface area (Å²) in [5, 5.41) is 2.74. The molecule has 1 heterocycles. The maximum absolute atomic E-state index is 11.5. The van der Waals surface area contributed by atoms with Crippen LogP contribution in [-0.2, 0) is 4.79 Å². The van der Waals surface area contributed by atoms with E-state index in [4.69, 9.17) is 18.0 Å². The second-order valence-corrected chi connectivity index (χ2v) is 6.52. The Bertz CT molecular complexity index is 323. The van der Waals surface area contributed by atoms with E-state index in [1.54, 1.807) is 7.05 Å². The summed E-state index contributed by atoms with van der Waals surface area (Å²) in [7, 11) is 1.71. The van der Waals surface area contributed by atoms with Crippen LogP contribution in [0.5, 0.6) is 0 Å². The zero-order valence-corrected chi connectivity index (χ0v) is 13.2. The summed E-state index contributed by atoms with van der Waals surface area (Å²) in [4.78, 5) is 14.6. The van der Waals surface area contributed by atoms with E-state index in [2.05, 4.69) is 24.1 Å². The van der Waals surface area contributed by atoms with E-state index in [1.807, 2.05) is 0 Å². The lowest BCUT2D eigenvalue weighted by Gasteiger charge is -2.32. The van der Waals surface area contributed by atoms with Crippen molar-refractivity contribution in [2.75, 3.05) is 26.7 Å². The Morgan fingerprint density at radius 3 is 2.47 bits per heavy atom. The van der Waals surface area contributed by atoms with Crippen molar-refractivity contribution in [3.63, 3.8) is 0 Å². The number of amides is 1. The van der Waals surface area contributed by atoms with Crippen LogP contribution in [-0.4, -0.2) is 42.5 Å². The number of carbonyl (C=O) groups excluding carboxylic acids is 1. The highest BCUT2D eigenvalue weighted by Crippen LogP contribution is 2.24. The molecule has 0 unspecified atom stereocenters. The van der Waals surface area contributed by atoms with Gasteiger partial charge in [-0.25, -0.2) is 0 Å². The maximum Gasteiger partial charge on any atom is 0.222 e. The minimum atomic E-state index is -0.0459. The average Bonchev–Trinajstić information content (AvgIpc) is 2.38. The molecule has 0 spiro atoms. The van der Waals surface area contributed by atoms with Gasteiger partial charge in [0, 0.05) is 18.4 Å². The fourth-order valence-electron chi connectivity index (χ4n) is 2.49. The van der Waals surface area contributed by atoms with E-state index in [-0.39, 0.29) is 17.2 Å². The lowest BCUT2D eigenvalue weighted by molar-refractivity contribution is -0.125. The molecule has 0 aromatic heterocycles. The summed E-state index contributed by atoms with van der Waals surface area (Å²) in [5.41, 5.74) is 5.68. The van der Waals surface area contributed by atoms with E-state index in [0.717, 1.165) is 45.3 Å². The molecular weight excluding hydrogens is 258 g/mol. The molecule has 110 valence electrons. The number of hydrogen-bond acceptors (Lipinski definition) is 3. The van der Waals surface area contributed by atoms with Gasteiger partial charge in [-0.1, -0.05) is 26.1 Å². The molecule has 3 N–H and O–H groups in total. The van der Waals surface area contributed by atoms with Gasteiger partial charge < -0.3 is 16.0 Å². The Morgan fingerprint density at radius 2 is 2.00 bits per heavy atom. The largest absolute Gasteiger partial charge is 0.393 e. The van der Waals surface area contributed by atoms with Crippen molar-refractivity contribution in [2.45, 2.75) is 39.5 Å². The van der Waals surface area contributed by atoms with Crippen LogP contribution in [0.3, 0.4) is 0 Å². The molecule has 0 aromatic rings. The lowest BCUT2D eigenvalue weighted by atomic mass is 9.87. The Kier molecular flexibility index (Phi) is 6.20. The fourth-order valence-corrected chi connectivity index (χ4v) is 2.59. The van der Waals surface area contributed by atoms with Crippen molar-refractivity contribution in [3.8, 4) is 0 Å². The molecule has 4 nitrogen and oxygen atoms in total. The number of hydrogen-bond donors (Lipinski definition) is 2. The molecule has 0 radical (unpaired) electrons. The summed E-state index contributed by atoms with van der Waals surface area (Å²) >= 11 is 5.08. The van der Waals surface area contributed by atoms with Crippen molar-refractivity contribution in [1.82, 2.24) is 10.2 Å². The van der Waals surface area contributed by atoms with Crippen LogP contribution in [0.2, 0.25) is 0 Å². The summed E-state index contributed by atoms with van der Waals surface area (Å²) < 4.78 is 0. The van der Waals surface area contributed by atoms with Crippen LogP contribution in [0.25, 0.3) is 0 Å². The third-order valence-corrected chi connectivity index (χ3v) is 4.70. The lowest BCUT2D eigenvalue weighted by Crippen LogP contribution is -2.40. The van der Waals surface area contributed by atoms with Gasteiger partial charge in [-0.05, 0) is 45.3 Å². The third-order valence-electron chi connectivity index (χ3n) is 4.15. The highest BCUT2D eigenvalue weighted by molar-refractivity contribution is 7.80. The molecular formula is C14H27N3OS. The predicted molar refractivity (Wildman–Crippen MR) is 83.0 cm³/mol. The molecule has 0 atom stereocenters. The van der Waals surface area contributed by atoms with E-state index in [9.17, 15) is 4.79 Å². The molecule has 1 saturated heterocycles. The van der Waals surface area contributed by atoms with Crippen molar-refractivity contribution in [3.05, 3.63) is 0 Å². The highest BCUT2D eigenvalue weighted by Gasteiger charge is 2.25. The topological polar surface area (TPSA) is 58.4 Å².